The lowest BCUT2D eigenvalue weighted by Gasteiger charge is -2.01. The van der Waals surface area contributed by atoms with Crippen LogP contribution in [0.5, 0.6) is 0 Å². The zero-order valence-electron chi connectivity index (χ0n) is 11.0. The number of fused-ring (bicyclic) bond motifs is 1. The molecule has 0 fully saturated rings. The molecule has 3 aromatic rings. The maximum atomic E-state index is 11.0. The van der Waals surface area contributed by atoms with Gasteiger partial charge in [-0.25, -0.2) is 9.78 Å². The number of benzene rings is 1. The second-order valence-electron chi connectivity index (χ2n) is 4.21. The van der Waals surface area contributed by atoms with Crippen LogP contribution < -0.4 is 0 Å². The van der Waals surface area contributed by atoms with Gasteiger partial charge in [-0.1, -0.05) is 23.4 Å². The van der Waals surface area contributed by atoms with Crippen molar-refractivity contribution in [1.29, 1.82) is 0 Å². The highest BCUT2D eigenvalue weighted by atomic mass is 32.1. The molecule has 0 unspecified atom stereocenters. The number of oxime groups is 1. The van der Waals surface area contributed by atoms with E-state index in [1.54, 1.807) is 0 Å². The van der Waals surface area contributed by atoms with E-state index >= 15 is 0 Å². The molecular formula is C14H11N3O3S. The Labute approximate surface area is 123 Å². The summed E-state index contributed by atoms with van der Waals surface area (Å²) in [6.45, 7) is 0. The van der Waals surface area contributed by atoms with Gasteiger partial charge in [0.1, 0.15) is 17.8 Å². The van der Waals surface area contributed by atoms with Crippen LogP contribution in [0.4, 0.5) is 0 Å². The number of para-hydroxylation sites is 1. The lowest BCUT2D eigenvalue weighted by Crippen LogP contribution is -2.05. The molecule has 0 radical (unpaired) electrons. The number of nitrogens with zero attached hydrogens (tertiary/aromatic N) is 2. The van der Waals surface area contributed by atoms with Crippen LogP contribution in [0, 0.1) is 0 Å². The Balaban J connectivity index is 2.14. The predicted molar refractivity (Wildman–Crippen MR) is 80.0 cm³/mol. The Morgan fingerprint density at radius 2 is 2.24 bits per heavy atom. The molecule has 1 aromatic carbocycles. The summed E-state index contributed by atoms with van der Waals surface area (Å²) in [7, 11) is 1.44. The maximum Gasteiger partial charge on any atom is 0.355 e. The zero-order chi connectivity index (χ0) is 14.8. The molecule has 0 aliphatic heterocycles. The summed E-state index contributed by atoms with van der Waals surface area (Å²) >= 11 is 1.22. The van der Waals surface area contributed by atoms with Crippen LogP contribution in [-0.4, -0.2) is 33.9 Å². The van der Waals surface area contributed by atoms with Gasteiger partial charge in [-0.2, -0.15) is 0 Å². The summed E-state index contributed by atoms with van der Waals surface area (Å²) in [5, 5.41) is 15.9. The summed E-state index contributed by atoms with van der Waals surface area (Å²) in [4.78, 5) is 23.1. The minimum atomic E-state index is -1.06. The highest BCUT2D eigenvalue weighted by Crippen LogP contribution is 2.23. The molecule has 0 saturated heterocycles. The van der Waals surface area contributed by atoms with E-state index in [1.807, 2.05) is 30.5 Å². The fourth-order valence-corrected chi connectivity index (χ4v) is 2.83. The zero-order valence-corrected chi connectivity index (χ0v) is 11.8. The molecule has 3 rings (SSSR count). The van der Waals surface area contributed by atoms with Gasteiger partial charge in [0.05, 0.1) is 0 Å². The van der Waals surface area contributed by atoms with Crippen molar-refractivity contribution in [2.75, 3.05) is 7.11 Å². The third-order valence-electron chi connectivity index (χ3n) is 2.95. The first-order chi connectivity index (χ1) is 10.2. The van der Waals surface area contributed by atoms with Gasteiger partial charge < -0.3 is 14.9 Å². The first-order valence-electron chi connectivity index (χ1n) is 6.07. The van der Waals surface area contributed by atoms with Gasteiger partial charge in [-0.05, 0) is 6.07 Å². The molecule has 106 valence electrons. The van der Waals surface area contributed by atoms with Crippen molar-refractivity contribution >= 4 is 33.9 Å². The first-order valence-corrected chi connectivity index (χ1v) is 6.95. The van der Waals surface area contributed by atoms with Crippen molar-refractivity contribution in [2.45, 2.75) is 0 Å². The fourth-order valence-electron chi connectivity index (χ4n) is 2.04. The van der Waals surface area contributed by atoms with Gasteiger partial charge in [-0.15, -0.1) is 11.3 Å². The average Bonchev–Trinajstić information content (AvgIpc) is 3.12. The van der Waals surface area contributed by atoms with Crippen LogP contribution in [-0.2, 0) is 4.84 Å². The molecule has 6 nitrogen and oxygen atoms in total. The smallest absolute Gasteiger partial charge is 0.355 e. The Bertz CT molecular complexity index is 835. The van der Waals surface area contributed by atoms with Crippen molar-refractivity contribution < 1.29 is 14.7 Å². The fraction of sp³-hybridized carbons (Fsp3) is 0.0714. The number of aromatic nitrogens is 2. The molecule has 2 heterocycles. The number of nitrogens with one attached hydrogen (secondary N) is 1. The van der Waals surface area contributed by atoms with Crippen molar-refractivity contribution in [3.63, 3.8) is 0 Å². The van der Waals surface area contributed by atoms with Crippen LogP contribution in [0.1, 0.15) is 21.1 Å². The van der Waals surface area contributed by atoms with Crippen LogP contribution in [0.15, 0.2) is 41.0 Å². The van der Waals surface area contributed by atoms with E-state index in [2.05, 4.69) is 15.1 Å². The molecule has 7 heteroatoms. The van der Waals surface area contributed by atoms with Crippen LogP contribution in [0.25, 0.3) is 10.9 Å². The number of rotatable bonds is 4. The Hall–Kier alpha value is -2.67. The Morgan fingerprint density at radius 3 is 2.95 bits per heavy atom. The van der Waals surface area contributed by atoms with Gasteiger partial charge >= 0.3 is 5.97 Å². The minimum Gasteiger partial charge on any atom is -0.476 e. The molecule has 0 atom stereocenters. The summed E-state index contributed by atoms with van der Waals surface area (Å²) in [6, 6.07) is 7.77. The quantitative estimate of drug-likeness (QED) is 0.573. The third kappa shape index (κ3) is 2.38. The number of carboxylic acids is 1. The summed E-state index contributed by atoms with van der Waals surface area (Å²) in [5.41, 5.74) is 2.29. The van der Waals surface area contributed by atoms with E-state index in [1.165, 1.54) is 23.8 Å². The highest BCUT2D eigenvalue weighted by molar-refractivity contribution is 7.12. The standard InChI is InChI=1S/C14H11N3O3S/c1-20-17-12(13-16-11(7-21-13)14(18)19)9-6-15-10-5-3-2-4-8(9)10/h2-7,15H,1H3,(H,18,19). The van der Waals surface area contributed by atoms with Gasteiger partial charge in [0.15, 0.2) is 5.69 Å². The predicted octanol–water partition coefficient (Wildman–Crippen LogP) is 2.72. The van der Waals surface area contributed by atoms with Gasteiger partial charge in [0.25, 0.3) is 0 Å². The molecule has 2 N–H and O–H groups in total. The minimum absolute atomic E-state index is 0.00126. The van der Waals surface area contributed by atoms with Crippen LogP contribution >= 0.6 is 11.3 Å². The largest absolute Gasteiger partial charge is 0.476 e. The number of hydrogen-bond acceptors (Lipinski definition) is 5. The molecule has 0 bridgehead atoms. The highest BCUT2D eigenvalue weighted by Gasteiger charge is 2.18. The topological polar surface area (TPSA) is 87.6 Å². The van der Waals surface area contributed by atoms with E-state index in [0.29, 0.717) is 10.7 Å². The molecule has 0 amide bonds. The second kappa shape index (κ2) is 5.37. The van der Waals surface area contributed by atoms with Crippen molar-refractivity contribution in [2.24, 2.45) is 5.16 Å². The van der Waals surface area contributed by atoms with Crippen molar-refractivity contribution in [1.82, 2.24) is 9.97 Å². The molecule has 2 aromatic heterocycles. The third-order valence-corrected chi connectivity index (χ3v) is 3.80. The lowest BCUT2D eigenvalue weighted by molar-refractivity contribution is 0.0691. The second-order valence-corrected chi connectivity index (χ2v) is 5.07. The van der Waals surface area contributed by atoms with Crippen molar-refractivity contribution in [3.05, 3.63) is 52.1 Å². The maximum absolute atomic E-state index is 11.0. The lowest BCUT2D eigenvalue weighted by atomic mass is 10.1. The Kier molecular flexibility index (Phi) is 3.41. The normalized spacial score (nSPS) is 11.8. The number of carboxylic acid groups (broad SMARTS) is 1. The van der Waals surface area contributed by atoms with E-state index < -0.39 is 5.97 Å². The first kappa shape index (κ1) is 13.3. The number of aromatic carboxylic acids is 1. The summed E-state index contributed by atoms with van der Waals surface area (Å²) in [5.74, 6) is -1.06. The number of hydrogen-bond donors (Lipinski definition) is 2. The van der Waals surface area contributed by atoms with Crippen molar-refractivity contribution in [3.8, 4) is 0 Å². The number of thiazole rings is 1. The molecular weight excluding hydrogens is 290 g/mol. The van der Waals surface area contributed by atoms with Gasteiger partial charge in [0.2, 0.25) is 0 Å². The number of H-pyrrole nitrogens is 1. The average molecular weight is 301 g/mol. The molecule has 0 spiro atoms. The monoisotopic (exact) mass is 301 g/mol. The molecule has 0 aliphatic rings. The van der Waals surface area contributed by atoms with E-state index in [4.69, 9.17) is 9.94 Å². The van der Waals surface area contributed by atoms with E-state index in [-0.39, 0.29) is 5.69 Å². The molecule has 21 heavy (non-hydrogen) atoms. The van der Waals surface area contributed by atoms with Crippen LogP contribution in [0.2, 0.25) is 0 Å². The van der Waals surface area contributed by atoms with E-state index in [0.717, 1.165) is 16.5 Å². The van der Waals surface area contributed by atoms with Crippen LogP contribution in [0.3, 0.4) is 0 Å². The Morgan fingerprint density at radius 1 is 1.43 bits per heavy atom. The number of aromatic amines is 1. The SMILES string of the molecule is CON=C(c1nc(C(=O)O)cs1)c1c[nH]c2ccccc12. The van der Waals surface area contributed by atoms with Gasteiger partial charge in [0, 0.05) is 28.0 Å². The summed E-state index contributed by atoms with van der Waals surface area (Å²) in [6.07, 6.45) is 1.81. The van der Waals surface area contributed by atoms with Gasteiger partial charge in [-0.3, -0.25) is 0 Å². The van der Waals surface area contributed by atoms with E-state index in [9.17, 15) is 4.79 Å². The number of carbonyl (C=O) groups is 1. The molecule has 0 saturated carbocycles. The summed E-state index contributed by atoms with van der Waals surface area (Å²) < 4.78 is 0. The molecule has 0 aliphatic carbocycles.